The van der Waals surface area contributed by atoms with Gasteiger partial charge in [-0.2, -0.15) is 0 Å². The smallest absolute Gasteiger partial charge is 0.223 e. The molecule has 1 aromatic rings. The Morgan fingerprint density at radius 1 is 1.30 bits per heavy atom. The number of piperazine rings is 1. The van der Waals surface area contributed by atoms with Crippen LogP contribution in [0.4, 0.5) is 4.39 Å². The molecule has 1 aromatic carbocycles. The van der Waals surface area contributed by atoms with E-state index in [9.17, 15) is 9.18 Å². The molecule has 0 bridgehead atoms. The van der Waals surface area contributed by atoms with Crippen molar-refractivity contribution < 1.29 is 9.18 Å². The number of benzene rings is 1. The monoisotopic (exact) mass is 341 g/mol. The maximum Gasteiger partial charge on any atom is 0.223 e. The van der Waals surface area contributed by atoms with Gasteiger partial charge < -0.3 is 10.2 Å². The molecule has 2 aliphatic rings. The maximum atomic E-state index is 13.3. The lowest BCUT2D eigenvalue weighted by Crippen LogP contribution is -2.47. The molecule has 1 amide bonds. The molecule has 2 fully saturated rings. The van der Waals surface area contributed by atoms with Crippen molar-refractivity contribution in [1.82, 2.24) is 15.1 Å². The van der Waals surface area contributed by atoms with E-state index in [2.05, 4.69) is 10.2 Å². The fraction of sp³-hybridized carbons (Fsp3) is 0.588. The molecule has 0 atom stereocenters. The quantitative estimate of drug-likeness (QED) is 0.860. The standard InChI is InChI=1S/C17H24FN3O.ClH/c18-15-3-1-2-14(12-15)13-21(16-4-5-16)9-6-17(22)20-10-7-19-8-11-20;/h1-3,12,16,19H,4-11,13H2;1H. The van der Waals surface area contributed by atoms with Gasteiger partial charge in [-0.05, 0) is 30.5 Å². The molecule has 0 unspecified atom stereocenters. The number of halogens is 2. The minimum absolute atomic E-state index is 0. The summed E-state index contributed by atoms with van der Waals surface area (Å²) in [6, 6.07) is 7.34. The summed E-state index contributed by atoms with van der Waals surface area (Å²) < 4.78 is 13.3. The van der Waals surface area contributed by atoms with Crippen molar-refractivity contribution in [2.24, 2.45) is 0 Å². The molecule has 0 aromatic heterocycles. The Kier molecular flexibility index (Phi) is 6.81. The van der Waals surface area contributed by atoms with Gasteiger partial charge >= 0.3 is 0 Å². The molecule has 6 heteroatoms. The number of nitrogens with one attached hydrogen (secondary N) is 1. The zero-order valence-corrected chi connectivity index (χ0v) is 14.2. The SMILES string of the molecule is Cl.O=C(CCN(Cc1cccc(F)c1)C1CC1)N1CCNCC1. The number of rotatable bonds is 6. The lowest BCUT2D eigenvalue weighted by Gasteiger charge is -2.29. The van der Waals surface area contributed by atoms with Gasteiger partial charge in [-0.15, -0.1) is 12.4 Å². The van der Waals surface area contributed by atoms with Gasteiger partial charge in [0.1, 0.15) is 5.82 Å². The second kappa shape index (κ2) is 8.62. The molecular weight excluding hydrogens is 317 g/mol. The summed E-state index contributed by atoms with van der Waals surface area (Å²) >= 11 is 0. The summed E-state index contributed by atoms with van der Waals surface area (Å²) in [7, 11) is 0. The Hall–Kier alpha value is -1.17. The van der Waals surface area contributed by atoms with Gasteiger partial charge in [-0.25, -0.2) is 4.39 Å². The van der Waals surface area contributed by atoms with E-state index in [1.165, 1.54) is 18.9 Å². The average molecular weight is 342 g/mol. The number of hydrogen-bond acceptors (Lipinski definition) is 3. The highest BCUT2D eigenvalue weighted by Crippen LogP contribution is 2.28. The first-order valence-corrected chi connectivity index (χ1v) is 8.19. The van der Waals surface area contributed by atoms with Crippen LogP contribution < -0.4 is 5.32 Å². The third-order valence-electron chi connectivity index (χ3n) is 4.42. The fourth-order valence-corrected chi connectivity index (χ4v) is 3.01. The molecule has 1 saturated carbocycles. The summed E-state index contributed by atoms with van der Waals surface area (Å²) in [4.78, 5) is 16.5. The Balaban J connectivity index is 0.00000192. The number of carbonyl (C=O) groups excluding carboxylic acids is 1. The number of nitrogens with zero attached hydrogens (tertiary/aromatic N) is 2. The molecule has 1 heterocycles. The van der Waals surface area contributed by atoms with Crippen LogP contribution in [-0.2, 0) is 11.3 Å². The van der Waals surface area contributed by atoms with Crippen LogP contribution in [0.5, 0.6) is 0 Å². The highest BCUT2D eigenvalue weighted by molar-refractivity contribution is 5.85. The van der Waals surface area contributed by atoms with E-state index in [0.717, 1.165) is 44.8 Å². The highest BCUT2D eigenvalue weighted by Gasteiger charge is 2.29. The van der Waals surface area contributed by atoms with Crippen LogP contribution in [0.15, 0.2) is 24.3 Å². The number of carbonyl (C=O) groups is 1. The van der Waals surface area contributed by atoms with Crippen molar-refractivity contribution in [2.45, 2.75) is 31.8 Å². The third kappa shape index (κ3) is 5.44. The van der Waals surface area contributed by atoms with Gasteiger partial charge in [0.05, 0.1) is 0 Å². The summed E-state index contributed by atoms with van der Waals surface area (Å²) in [5.41, 5.74) is 0.988. The second-order valence-corrected chi connectivity index (χ2v) is 6.21. The van der Waals surface area contributed by atoms with Crippen molar-refractivity contribution in [3.05, 3.63) is 35.6 Å². The summed E-state index contributed by atoms with van der Waals surface area (Å²) in [5, 5.41) is 3.26. The van der Waals surface area contributed by atoms with Crippen molar-refractivity contribution in [1.29, 1.82) is 0 Å². The van der Waals surface area contributed by atoms with Crippen LogP contribution in [0.2, 0.25) is 0 Å². The molecule has 1 aliphatic carbocycles. The molecular formula is C17H25ClFN3O. The van der Waals surface area contributed by atoms with Crippen LogP contribution in [0, 0.1) is 5.82 Å². The lowest BCUT2D eigenvalue weighted by molar-refractivity contribution is -0.132. The van der Waals surface area contributed by atoms with Crippen molar-refractivity contribution in [2.75, 3.05) is 32.7 Å². The van der Waals surface area contributed by atoms with Crippen molar-refractivity contribution in [3.8, 4) is 0 Å². The normalized spacial score (nSPS) is 17.9. The topological polar surface area (TPSA) is 35.6 Å². The van der Waals surface area contributed by atoms with E-state index >= 15 is 0 Å². The van der Waals surface area contributed by atoms with E-state index in [1.54, 1.807) is 12.1 Å². The third-order valence-corrected chi connectivity index (χ3v) is 4.42. The van der Waals surface area contributed by atoms with Gasteiger partial charge in [0, 0.05) is 51.7 Å². The van der Waals surface area contributed by atoms with E-state index in [4.69, 9.17) is 0 Å². The Bertz CT molecular complexity index is 518. The first-order valence-electron chi connectivity index (χ1n) is 8.19. The van der Waals surface area contributed by atoms with E-state index < -0.39 is 0 Å². The number of hydrogen-bond donors (Lipinski definition) is 1. The molecule has 1 N–H and O–H groups in total. The Labute approximate surface area is 143 Å². The predicted molar refractivity (Wildman–Crippen MR) is 91.1 cm³/mol. The fourth-order valence-electron chi connectivity index (χ4n) is 3.01. The molecule has 23 heavy (non-hydrogen) atoms. The Morgan fingerprint density at radius 2 is 2.04 bits per heavy atom. The molecule has 0 radical (unpaired) electrons. The predicted octanol–water partition coefficient (Wildman–Crippen LogP) is 2.03. The maximum absolute atomic E-state index is 13.3. The Morgan fingerprint density at radius 3 is 2.70 bits per heavy atom. The molecule has 3 rings (SSSR count). The summed E-state index contributed by atoms with van der Waals surface area (Å²) in [6.07, 6.45) is 2.94. The van der Waals surface area contributed by atoms with E-state index in [1.807, 2.05) is 11.0 Å². The number of amides is 1. The van der Waals surface area contributed by atoms with Gasteiger partial charge in [-0.3, -0.25) is 9.69 Å². The minimum atomic E-state index is -0.190. The van der Waals surface area contributed by atoms with Crippen molar-refractivity contribution in [3.63, 3.8) is 0 Å². The summed E-state index contributed by atoms with van der Waals surface area (Å²) in [5.74, 6) is 0.0523. The highest BCUT2D eigenvalue weighted by atomic mass is 35.5. The van der Waals surface area contributed by atoms with Crippen LogP contribution in [0.3, 0.4) is 0 Å². The van der Waals surface area contributed by atoms with E-state index in [0.29, 0.717) is 12.5 Å². The van der Waals surface area contributed by atoms with Crippen molar-refractivity contribution >= 4 is 18.3 Å². The molecule has 0 spiro atoms. The lowest BCUT2D eigenvalue weighted by atomic mass is 10.2. The largest absolute Gasteiger partial charge is 0.340 e. The molecule has 4 nitrogen and oxygen atoms in total. The van der Waals surface area contributed by atoms with Crippen LogP contribution in [-0.4, -0.2) is 54.5 Å². The van der Waals surface area contributed by atoms with Gasteiger partial charge in [-0.1, -0.05) is 12.1 Å². The van der Waals surface area contributed by atoms with E-state index in [-0.39, 0.29) is 24.1 Å². The molecule has 128 valence electrons. The molecule has 1 saturated heterocycles. The van der Waals surface area contributed by atoms with Gasteiger partial charge in [0.15, 0.2) is 0 Å². The van der Waals surface area contributed by atoms with Crippen LogP contribution in [0.1, 0.15) is 24.8 Å². The second-order valence-electron chi connectivity index (χ2n) is 6.21. The zero-order valence-electron chi connectivity index (χ0n) is 13.3. The van der Waals surface area contributed by atoms with Crippen LogP contribution in [0.25, 0.3) is 0 Å². The first-order chi connectivity index (χ1) is 10.7. The van der Waals surface area contributed by atoms with Gasteiger partial charge in [0.25, 0.3) is 0 Å². The molecule has 1 aliphatic heterocycles. The first kappa shape index (κ1) is 18.2. The zero-order chi connectivity index (χ0) is 15.4. The minimum Gasteiger partial charge on any atom is -0.340 e. The summed E-state index contributed by atoms with van der Waals surface area (Å²) in [6.45, 7) is 4.91. The van der Waals surface area contributed by atoms with Crippen LogP contribution >= 0.6 is 12.4 Å². The van der Waals surface area contributed by atoms with Gasteiger partial charge in [0.2, 0.25) is 5.91 Å². The average Bonchev–Trinajstić information content (AvgIpc) is 3.37.